The molecule has 0 saturated carbocycles. The van der Waals surface area contributed by atoms with E-state index in [1.807, 2.05) is 4.90 Å². The summed E-state index contributed by atoms with van der Waals surface area (Å²) >= 11 is 0. The van der Waals surface area contributed by atoms with Gasteiger partial charge in [0.1, 0.15) is 11.4 Å². The molecule has 8 heteroatoms. The third kappa shape index (κ3) is 8.80. The summed E-state index contributed by atoms with van der Waals surface area (Å²) < 4.78 is 18.1. The first-order valence-electron chi connectivity index (χ1n) is 10.4. The van der Waals surface area contributed by atoms with Crippen molar-refractivity contribution in [3.63, 3.8) is 0 Å². The molecule has 1 fully saturated rings. The summed E-state index contributed by atoms with van der Waals surface area (Å²) in [6, 6.07) is 6.22. The predicted octanol–water partition coefficient (Wildman–Crippen LogP) is 2.78. The molecule has 0 bridgehead atoms. The Balaban J connectivity index is 1.61. The molecular weight excluding hydrogens is 389 g/mol. The van der Waals surface area contributed by atoms with Gasteiger partial charge in [-0.05, 0) is 57.7 Å². The minimum absolute atomic E-state index is 0.0279. The first kappa shape index (κ1) is 23.6. The van der Waals surface area contributed by atoms with Crippen molar-refractivity contribution >= 4 is 17.9 Å². The van der Waals surface area contributed by atoms with E-state index in [-0.39, 0.29) is 36.6 Å². The van der Waals surface area contributed by atoms with Crippen LogP contribution in [0.15, 0.2) is 24.3 Å². The number of alkyl carbamates (subject to hydrolysis) is 1. The molecule has 2 N–H and O–H groups in total. The quantitative estimate of drug-likeness (QED) is 0.709. The smallest absolute Gasteiger partial charge is 0.407 e. The lowest BCUT2D eigenvalue weighted by Crippen LogP contribution is -2.47. The van der Waals surface area contributed by atoms with Crippen LogP contribution >= 0.6 is 0 Å². The molecule has 0 spiro atoms. The van der Waals surface area contributed by atoms with Crippen LogP contribution < -0.4 is 10.6 Å². The third-order valence-electron chi connectivity index (χ3n) is 4.77. The highest BCUT2D eigenvalue weighted by Crippen LogP contribution is 2.13. The average molecular weight is 422 g/mol. The Labute approximate surface area is 177 Å². The fraction of sp³-hybridized carbons (Fsp3) is 0.591. The lowest BCUT2D eigenvalue weighted by Gasteiger charge is -2.32. The number of halogens is 1. The molecule has 30 heavy (non-hydrogen) atoms. The number of carbonyl (C=O) groups is 3. The molecule has 166 valence electrons. The number of ether oxygens (including phenoxy) is 1. The summed E-state index contributed by atoms with van der Waals surface area (Å²) in [6.45, 7) is 6.74. The lowest BCUT2D eigenvalue weighted by atomic mass is 10.0. The van der Waals surface area contributed by atoms with E-state index in [9.17, 15) is 18.8 Å². The van der Waals surface area contributed by atoms with Gasteiger partial charge in [-0.2, -0.15) is 0 Å². The maximum absolute atomic E-state index is 12.9. The van der Waals surface area contributed by atoms with Gasteiger partial charge >= 0.3 is 6.09 Å². The first-order valence-corrected chi connectivity index (χ1v) is 10.4. The number of nitrogens with one attached hydrogen (secondary N) is 2. The highest BCUT2D eigenvalue weighted by molar-refractivity contribution is 5.78. The lowest BCUT2D eigenvalue weighted by molar-refractivity contribution is -0.132. The van der Waals surface area contributed by atoms with Gasteiger partial charge in [0.05, 0.1) is 0 Å². The van der Waals surface area contributed by atoms with Crippen LogP contribution in [0.4, 0.5) is 9.18 Å². The van der Waals surface area contributed by atoms with Crippen LogP contribution in [0, 0.1) is 5.82 Å². The number of benzene rings is 1. The standard InChI is InChI=1S/C22H32FN3O4/c1-22(2,3)30-21(29)24-13-10-19(27)25-18-11-14-26(15-12-18)20(28)9-6-16-4-7-17(23)8-5-16/h4-5,7-8,18H,6,9-15H2,1-3H3,(H,24,29)(H,25,27). The molecule has 7 nitrogen and oxygen atoms in total. The average Bonchev–Trinajstić information content (AvgIpc) is 2.66. The number of hydrogen-bond donors (Lipinski definition) is 2. The molecule has 1 aromatic carbocycles. The summed E-state index contributed by atoms with van der Waals surface area (Å²) in [7, 11) is 0. The maximum Gasteiger partial charge on any atom is 0.407 e. The van der Waals surface area contributed by atoms with E-state index >= 15 is 0 Å². The Morgan fingerprint density at radius 3 is 2.33 bits per heavy atom. The van der Waals surface area contributed by atoms with E-state index in [2.05, 4.69) is 10.6 Å². The van der Waals surface area contributed by atoms with Crippen LogP contribution in [-0.2, 0) is 20.7 Å². The highest BCUT2D eigenvalue weighted by atomic mass is 19.1. The normalized spacial score (nSPS) is 14.9. The summed E-state index contributed by atoms with van der Waals surface area (Å²) in [6.07, 6.45) is 2.01. The number of carbonyl (C=O) groups excluding carboxylic acids is 3. The van der Waals surface area contributed by atoms with Gasteiger partial charge in [0.15, 0.2) is 0 Å². The Bertz CT molecular complexity index is 723. The number of piperidine rings is 1. The monoisotopic (exact) mass is 421 g/mol. The second kappa shape index (κ2) is 10.9. The zero-order chi connectivity index (χ0) is 22.1. The molecule has 0 atom stereocenters. The van der Waals surface area contributed by atoms with Crippen molar-refractivity contribution in [1.82, 2.24) is 15.5 Å². The molecule has 2 rings (SSSR count). The van der Waals surface area contributed by atoms with Gasteiger partial charge in [0.2, 0.25) is 11.8 Å². The van der Waals surface area contributed by atoms with Gasteiger partial charge in [-0.1, -0.05) is 12.1 Å². The van der Waals surface area contributed by atoms with Crippen LogP contribution in [0.2, 0.25) is 0 Å². The fourth-order valence-electron chi connectivity index (χ4n) is 3.23. The SMILES string of the molecule is CC(C)(C)OC(=O)NCCC(=O)NC1CCN(C(=O)CCc2ccc(F)cc2)CC1. The van der Waals surface area contributed by atoms with Gasteiger partial charge in [0, 0.05) is 38.5 Å². The molecule has 3 amide bonds. The van der Waals surface area contributed by atoms with Gasteiger partial charge < -0.3 is 20.3 Å². The van der Waals surface area contributed by atoms with Crippen LogP contribution in [0.1, 0.15) is 52.0 Å². The van der Waals surface area contributed by atoms with E-state index in [0.717, 1.165) is 5.56 Å². The molecular formula is C22H32FN3O4. The minimum atomic E-state index is -0.573. The van der Waals surface area contributed by atoms with Crippen LogP contribution in [0.3, 0.4) is 0 Å². The fourth-order valence-corrected chi connectivity index (χ4v) is 3.23. The molecule has 1 aliphatic rings. The van der Waals surface area contributed by atoms with Gasteiger partial charge in [-0.15, -0.1) is 0 Å². The first-order chi connectivity index (χ1) is 14.1. The Morgan fingerprint density at radius 2 is 1.73 bits per heavy atom. The molecule has 1 saturated heterocycles. The summed E-state index contributed by atoms with van der Waals surface area (Å²) in [5.74, 6) is -0.340. The summed E-state index contributed by atoms with van der Waals surface area (Å²) in [5.41, 5.74) is 0.364. The highest BCUT2D eigenvalue weighted by Gasteiger charge is 2.23. The molecule has 1 aliphatic heterocycles. The number of amides is 3. The predicted molar refractivity (Wildman–Crippen MR) is 111 cm³/mol. The molecule has 1 aromatic rings. The van der Waals surface area contributed by atoms with Crippen molar-refractivity contribution in [2.45, 2.75) is 64.5 Å². The van der Waals surface area contributed by atoms with Gasteiger partial charge in [-0.25, -0.2) is 9.18 Å². The summed E-state index contributed by atoms with van der Waals surface area (Å²) in [5, 5.41) is 5.52. The second-order valence-electron chi connectivity index (χ2n) is 8.53. The maximum atomic E-state index is 12.9. The van der Waals surface area contributed by atoms with Crippen molar-refractivity contribution in [1.29, 1.82) is 0 Å². The number of likely N-dealkylation sites (tertiary alicyclic amines) is 1. The van der Waals surface area contributed by atoms with Crippen LogP contribution in [0.5, 0.6) is 0 Å². The second-order valence-corrected chi connectivity index (χ2v) is 8.53. The zero-order valence-corrected chi connectivity index (χ0v) is 18.0. The van der Waals surface area contributed by atoms with Crippen molar-refractivity contribution in [3.8, 4) is 0 Å². The van der Waals surface area contributed by atoms with Crippen LogP contribution in [-0.4, -0.2) is 54.1 Å². The zero-order valence-electron chi connectivity index (χ0n) is 18.0. The van der Waals surface area contributed by atoms with E-state index < -0.39 is 11.7 Å². The molecule has 0 aromatic heterocycles. The Kier molecular flexibility index (Phi) is 8.62. The van der Waals surface area contributed by atoms with E-state index in [1.54, 1.807) is 32.9 Å². The topological polar surface area (TPSA) is 87.7 Å². The van der Waals surface area contributed by atoms with Crippen LogP contribution in [0.25, 0.3) is 0 Å². The number of aryl methyl sites for hydroxylation is 1. The molecule has 0 unspecified atom stereocenters. The van der Waals surface area contributed by atoms with Gasteiger partial charge in [0.25, 0.3) is 0 Å². The Morgan fingerprint density at radius 1 is 1.10 bits per heavy atom. The van der Waals surface area contributed by atoms with Crippen molar-refractivity contribution in [2.75, 3.05) is 19.6 Å². The van der Waals surface area contributed by atoms with Crippen molar-refractivity contribution in [3.05, 3.63) is 35.6 Å². The van der Waals surface area contributed by atoms with Gasteiger partial charge in [-0.3, -0.25) is 9.59 Å². The molecule has 0 radical (unpaired) electrons. The Hall–Kier alpha value is -2.64. The minimum Gasteiger partial charge on any atom is -0.444 e. The number of nitrogens with zero attached hydrogens (tertiary/aromatic N) is 1. The molecule has 0 aliphatic carbocycles. The summed E-state index contributed by atoms with van der Waals surface area (Å²) in [4.78, 5) is 37.8. The number of rotatable bonds is 7. The van der Waals surface area contributed by atoms with E-state index in [0.29, 0.717) is 38.8 Å². The van der Waals surface area contributed by atoms with E-state index in [1.165, 1.54) is 12.1 Å². The largest absolute Gasteiger partial charge is 0.444 e. The third-order valence-corrected chi connectivity index (χ3v) is 4.77. The number of hydrogen-bond acceptors (Lipinski definition) is 4. The van der Waals surface area contributed by atoms with Crippen molar-refractivity contribution < 1.29 is 23.5 Å². The molecule has 1 heterocycles. The van der Waals surface area contributed by atoms with E-state index in [4.69, 9.17) is 4.74 Å². The van der Waals surface area contributed by atoms with Crippen molar-refractivity contribution in [2.24, 2.45) is 0 Å².